The number of hydrogen-bond donors (Lipinski definition) is 2. The van der Waals surface area contributed by atoms with Crippen molar-refractivity contribution in [2.75, 3.05) is 43.5 Å². The van der Waals surface area contributed by atoms with E-state index in [0.717, 1.165) is 5.69 Å². The largest absolute Gasteiger partial charge is 0.494 e. The molecule has 0 aliphatic carbocycles. The molecule has 2 N–H and O–H groups in total. The van der Waals surface area contributed by atoms with E-state index in [-0.39, 0.29) is 17.8 Å². The summed E-state index contributed by atoms with van der Waals surface area (Å²) in [4.78, 5) is 33.7. The van der Waals surface area contributed by atoms with Gasteiger partial charge in [0.2, 0.25) is 5.88 Å². The van der Waals surface area contributed by atoms with Crippen LogP contribution in [0.5, 0.6) is 17.4 Å². The standard InChI is InChI=1S/C29H31ClN6O5/c1-29(2,3)41-28(38)36-13-11-35(12-14-36)19-9-10-21(23(16-19)39-4)32-26-25-18(17-31-34-27(25)37)15-24(33-26)40-22-8-6-5-7-20(22)30/h5-10,15-17H,11-14H2,1-4H3,(H,32,33)(H,34,37). The van der Waals surface area contributed by atoms with E-state index >= 15 is 0 Å². The second-order valence-electron chi connectivity index (χ2n) is 10.5. The lowest BCUT2D eigenvalue weighted by Crippen LogP contribution is -2.50. The van der Waals surface area contributed by atoms with Gasteiger partial charge in [-0.1, -0.05) is 23.7 Å². The number of halogens is 1. The van der Waals surface area contributed by atoms with E-state index in [1.54, 1.807) is 42.3 Å². The molecule has 1 amide bonds. The van der Waals surface area contributed by atoms with Crippen LogP contribution >= 0.6 is 11.6 Å². The molecule has 1 aliphatic rings. The number of piperazine rings is 1. The fourth-order valence-electron chi connectivity index (χ4n) is 4.46. The molecule has 2 aromatic heterocycles. The van der Waals surface area contributed by atoms with Crippen LogP contribution in [0.4, 0.5) is 22.0 Å². The number of H-pyrrole nitrogens is 1. The topological polar surface area (TPSA) is 122 Å². The molecule has 2 aromatic carbocycles. The van der Waals surface area contributed by atoms with Crippen molar-refractivity contribution in [1.82, 2.24) is 20.1 Å². The van der Waals surface area contributed by atoms with E-state index in [1.165, 1.54) is 6.20 Å². The molecule has 214 valence electrons. The SMILES string of the molecule is COc1cc(N2CCN(C(=O)OC(C)(C)C)CC2)ccc1Nc1nc(Oc2ccccc2Cl)cc2cn[nH]c(=O)c12. The molecule has 0 atom stereocenters. The Hall–Kier alpha value is -4.51. The number of carbonyl (C=O) groups is 1. The highest BCUT2D eigenvalue weighted by Gasteiger charge is 2.26. The summed E-state index contributed by atoms with van der Waals surface area (Å²) in [5.74, 6) is 1.48. The minimum atomic E-state index is -0.535. The van der Waals surface area contributed by atoms with Crippen molar-refractivity contribution in [3.8, 4) is 17.4 Å². The molecule has 0 radical (unpaired) electrons. The maximum atomic E-state index is 12.7. The zero-order valence-corrected chi connectivity index (χ0v) is 24.0. The van der Waals surface area contributed by atoms with Crippen molar-refractivity contribution in [2.45, 2.75) is 26.4 Å². The number of ether oxygens (including phenoxy) is 3. The van der Waals surface area contributed by atoms with Crippen LogP contribution in [0.1, 0.15) is 20.8 Å². The molecule has 5 rings (SSSR count). The fourth-order valence-corrected chi connectivity index (χ4v) is 4.64. The number of aromatic nitrogens is 3. The molecule has 0 saturated carbocycles. The van der Waals surface area contributed by atoms with E-state index in [0.29, 0.717) is 59.2 Å². The summed E-state index contributed by atoms with van der Waals surface area (Å²) in [7, 11) is 1.57. The Kier molecular flexibility index (Phi) is 7.89. The van der Waals surface area contributed by atoms with Crippen LogP contribution in [0.25, 0.3) is 10.8 Å². The summed E-state index contributed by atoms with van der Waals surface area (Å²) < 4.78 is 17.1. The van der Waals surface area contributed by atoms with Crippen LogP contribution in [0, 0.1) is 0 Å². The smallest absolute Gasteiger partial charge is 0.410 e. The number of hydrogen-bond acceptors (Lipinski definition) is 9. The summed E-state index contributed by atoms with van der Waals surface area (Å²) in [6.45, 7) is 7.95. The lowest BCUT2D eigenvalue weighted by Gasteiger charge is -2.37. The number of amides is 1. The molecule has 0 unspecified atom stereocenters. The molecule has 0 bridgehead atoms. The van der Waals surface area contributed by atoms with E-state index in [2.05, 4.69) is 25.4 Å². The Labute approximate surface area is 242 Å². The highest BCUT2D eigenvalue weighted by molar-refractivity contribution is 6.32. The van der Waals surface area contributed by atoms with Crippen molar-refractivity contribution in [3.63, 3.8) is 0 Å². The molecular formula is C29H31ClN6O5. The highest BCUT2D eigenvalue weighted by Crippen LogP contribution is 2.35. The Morgan fingerprint density at radius 2 is 1.80 bits per heavy atom. The minimum Gasteiger partial charge on any atom is -0.494 e. The first kappa shape index (κ1) is 28.0. The summed E-state index contributed by atoms with van der Waals surface area (Å²) in [6, 6.07) is 14.4. The van der Waals surface area contributed by atoms with Gasteiger partial charge in [0.15, 0.2) is 0 Å². The number of fused-ring (bicyclic) bond motifs is 1. The third-order valence-electron chi connectivity index (χ3n) is 6.41. The average Bonchev–Trinajstić information content (AvgIpc) is 2.93. The van der Waals surface area contributed by atoms with Gasteiger partial charge in [-0.15, -0.1) is 0 Å². The van der Waals surface area contributed by atoms with Crippen LogP contribution in [0.3, 0.4) is 0 Å². The molecule has 3 heterocycles. The number of methoxy groups -OCH3 is 1. The van der Waals surface area contributed by atoms with Gasteiger partial charge in [0, 0.05) is 49.4 Å². The number of nitrogens with one attached hydrogen (secondary N) is 2. The van der Waals surface area contributed by atoms with Crippen molar-refractivity contribution in [2.24, 2.45) is 0 Å². The van der Waals surface area contributed by atoms with Crippen molar-refractivity contribution >= 4 is 45.7 Å². The van der Waals surface area contributed by atoms with Crippen molar-refractivity contribution < 1.29 is 19.0 Å². The Bertz CT molecular complexity index is 1630. The Morgan fingerprint density at radius 3 is 2.51 bits per heavy atom. The van der Waals surface area contributed by atoms with Gasteiger partial charge in [0.1, 0.15) is 22.9 Å². The Morgan fingerprint density at radius 1 is 1.05 bits per heavy atom. The number of aromatic amines is 1. The van der Waals surface area contributed by atoms with Crippen LogP contribution < -0.4 is 25.2 Å². The van der Waals surface area contributed by atoms with E-state index in [4.69, 9.17) is 25.8 Å². The highest BCUT2D eigenvalue weighted by atomic mass is 35.5. The molecule has 1 fully saturated rings. The van der Waals surface area contributed by atoms with Crippen molar-refractivity contribution in [3.05, 3.63) is 70.1 Å². The minimum absolute atomic E-state index is 0.235. The van der Waals surface area contributed by atoms with Gasteiger partial charge in [-0.2, -0.15) is 10.1 Å². The van der Waals surface area contributed by atoms with Gasteiger partial charge in [0.25, 0.3) is 5.56 Å². The van der Waals surface area contributed by atoms with Crippen LogP contribution in [0.2, 0.25) is 5.02 Å². The zero-order valence-electron chi connectivity index (χ0n) is 23.2. The summed E-state index contributed by atoms with van der Waals surface area (Å²) in [6.07, 6.45) is 1.22. The second kappa shape index (κ2) is 11.5. The van der Waals surface area contributed by atoms with Gasteiger partial charge in [-0.25, -0.2) is 9.89 Å². The molecule has 41 heavy (non-hydrogen) atoms. The molecule has 12 heteroatoms. The third-order valence-corrected chi connectivity index (χ3v) is 6.72. The quantitative estimate of drug-likeness (QED) is 0.302. The lowest BCUT2D eigenvalue weighted by atomic mass is 10.2. The van der Waals surface area contributed by atoms with Gasteiger partial charge in [-0.3, -0.25) is 4.79 Å². The number of carbonyl (C=O) groups excluding carboxylic acids is 1. The maximum absolute atomic E-state index is 12.7. The van der Waals surface area contributed by atoms with Gasteiger partial charge < -0.3 is 29.3 Å². The van der Waals surface area contributed by atoms with Crippen LogP contribution in [-0.2, 0) is 4.74 Å². The number of rotatable bonds is 6. The maximum Gasteiger partial charge on any atom is 0.410 e. The predicted molar refractivity (Wildman–Crippen MR) is 158 cm³/mol. The van der Waals surface area contributed by atoms with Gasteiger partial charge in [0.05, 0.1) is 29.4 Å². The first-order valence-electron chi connectivity index (χ1n) is 13.1. The van der Waals surface area contributed by atoms with E-state index < -0.39 is 11.2 Å². The molecular weight excluding hydrogens is 548 g/mol. The predicted octanol–water partition coefficient (Wildman–Crippen LogP) is 5.57. The summed E-state index contributed by atoms with van der Waals surface area (Å²) in [5, 5.41) is 10.9. The first-order valence-corrected chi connectivity index (χ1v) is 13.5. The van der Waals surface area contributed by atoms with Gasteiger partial charge in [-0.05, 0) is 45.0 Å². The lowest BCUT2D eigenvalue weighted by molar-refractivity contribution is 0.0240. The molecule has 4 aromatic rings. The summed E-state index contributed by atoms with van der Waals surface area (Å²) >= 11 is 6.27. The average molecular weight is 579 g/mol. The Balaban J connectivity index is 1.39. The first-order chi connectivity index (χ1) is 19.6. The molecule has 1 aliphatic heterocycles. The monoisotopic (exact) mass is 578 g/mol. The van der Waals surface area contributed by atoms with E-state index in [9.17, 15) is 9.59 Å². The molecule has 1 saturated heterocycles. The third kappa shape index (κ3) is 6.46. The normalized spacial score (nSPS) is 13.7. The fraction of sp³-hybridized carbons (Fsp3) is 0.310. The number of benzene rings is 2. The number of anilines is 3. The zero-order chi connectivity index (χ0) is 29.1. The number of pyridine rings is 1. The number of nitrogens with zero attached hydrogens (tertiary/aromatic N) is 4. The second-order valence-corrected chi connectivity index (χ2v) is 10.9. The summed E-state index contributed by atoms with van der Waals surface area (Å²) in [5.41, 5.74) is 0.599. The van der Waals surface area contributed by atoms with E-state index in [1.807, 2.05) is 39.0 Å². The van der Waals surface area contributed by atoms with Crippen LogP contribution in [0.15, 0.2) is 59.5 Å². The molecule has 0 spiro atoms. The van der Waals surface area contributed by atoms with Gasteiger partial charge >= 0.3 is 6.09 Å². The van der Waals surface area contributed by atoms with Crippen LogP contribution in [-0.4, -0.2) is 65.1 Å². The van der Waals surface area contributed by atoms with Crippen molar-refractivity contribution in [1.29, 1.82) is 0 Å². The molecule has 11 nitrogen and oxygen atoms in total. The number of para-hydroxylation sites is 1.